The molecule has 0 saturated carbocycles. The molecule has 138 valence electrons. The number of ether oxygens (including phenoxy) is 1. The molecule has 1 aliphatic heterocycles. The van der Waals surface area contributed by atoms with Gasteiger partial charge in [-0.15, -0.1) is 0 Å². The van der Waals surface area contributed by atoms with Crippen molar-refractivity contribution in [2.45, 2.75) is 18.9 Å². The molecule has 3 nitrogen and oxygen atoms in total. The highest BCUT2D eigenvalue weighted by Crippen LogP contribution is 2.20. The Labute approximate surface area is 158 Å². The second-order valence-corrected chi connectivity index (χ2v) is 7.03. The summed E-state index contributed by atoms with van der Waals surface area (Å²) in [5, 5.41) is 2.24. The van der Waals surface area contributed by atoms with E-state index in [0.29, 0.717) is 12.3 Å². The maximum Gasteiger partial charge on any atom is 0.176 e. The van der Waals surface area contributed by atoms with Gasteiger partial charge in [0.15, 0.2) is 5.78 Å². The molecule has 27 heavy (non-hydrogen) atoms. The van der Waals surface area contributed by atoms with E-state index in [1.807, 2.05) is 36.4 Å². The quantitative estimate of drug-likeness (QED) is 0.615. The molecule has 0 aliphatic carbocycles. The van der Waals surface area contributed by atoms with Crippen LogP contribution in [-0.4, -0.2) is 36.4 Å². The number of Topliss-reactive ketones (excluding diaryl/α,β-unsaturated/α-hetero) is 1. The summed E-state index contributed by atoms with van der Waals surface area (Å²) in [6.45, 7) is 2.08. The molecule has 1 saturated heterocycles. The summed E-state index contributed by atoms with van der Waals surface area (Å²) in [5.41, 5.74) is 0.762. The molecule has 0 unspecified atom stereocenters. The molecule has 0 N–H and O–H groups in total. The Morgan fingerprint density at radius 1 is 0.963 bits per heavy atom. The highest BCUT2D eigenvalue weighted by Gasteiger charge is 2.22. The van der Waals surface area contributed by atoms with E-state index in [-0.39, 0.29) is 17.7 Å². The molecule has 0 aromatic heterocycles. The third kappa shape index (κ3) is 4.34. The fourth-order valence-electron chi connectivity index (χ4n) is 3.55. The molecule has 1 heterocycles. The smallest absolute Gasteiger partial charge is 0.176 e. The van der Waals surface area contributed by atoms with Crippen LogP contribution >= 0.6 is 0 Å². The first kappa shape index (κ1) is 17.7. The lowest BCUT2D eigenvalue weighted by Gasteiger charge is -2.31. The second kappa shape index (κ2) is 7.89. The first-order valence-corrected chi connectivity index (χ1v) is 9.34. The standard InChI is InChI=1S/C23H22FNO2/c24-20-7-9-21(10-8-20)27-22-11-13-25(14-12-22)16-23(26)19-6-5-17-3-1-2-4-18(17)15-19/h1-10,15,22H,11-14,16H2. The van der Waals surface area contributed by atoms with Gasteiger partial charge in [0, 0.05) is 18.7 Å². The third-order valence-corrected chi connectivity index (χ3v) is 5.09. The normalized spacial score (nSPS) is 15.7. The summed E-state index contributed by atoms with van der Waals surface area (Å²) in [6.07, 6.45) is 1.84. The van der Waals surface area contributed by atoms with Crippen molar-refractivity contribution in [2.24, 2.45) is 0 Å². The van der Waals surface area contributed by atoms with Gasteiger partial charge >= 0.3 is 0 Å². The Morgan fingerprint density at radius 2 is 1.67 bits per heavy atom. The Morgan fingerprint density at radius 3 is 2.41 bits per heavy atom. The molecule has 0 radical (unpaired) electrons. The van der Waals surface area contributed by atoms with E-state index in [1.165, 1.54) is 12.1 Å². The van der Waals surface area contributed by atoms with E-state index >= 15 is 0 Å². The number of ketones is 1. The maximum absolute atomic E-state index is 13.0. The summed E-state index contributed by atoms with van der Waals surface area (Å²) >= 11 is 0. The van der Waals surface area contributed by atoms with E-state index in [9.17, 15) is 9.18 Å². The predicted molar refractivity (Wildman–Crippen MR) is 105 cm³/mol. The lowest BCUT2D eigenvalue weighted by atomic mass is 10.0. The van der Waals surface area contributed by atoms with Gasteiger partial charge in [-0.3, -0.25) is 9.69 Å². The maximum atomic E-state index is 13.0. The van der Waals surface area contributed by atoms with E-state index < -0.39 is 0 Å². The van der Waals surface area contributed by atoms with Crippen LogP contribution in [-0.2, 0) is 0 Å². The Bertz CT molecular complexity index is 931. The molecule has 0 spiro atoms. The number of carbonyl (C=O) groups excluding carboxylic acids is 1. The summed E-state index contributed by atoms with van der Waals surface area (Å²) in [5.74, 6) is 0.588. The fraction of sp³-hybridized carbons (Fsp3) is 0.261. The van der Waals surface area contributed by atoms with Gasteiger partial charge in [0.1, 0.15) is 17.7 Å². The van der Waals surface area contributed by atoms with Crippen LogP contribution in [0.25, 0.3) is 10.8 Å². The zero-order valence-corrected chi connectivity index (χ0v) is 15.1. The number of piperidine rings is 1. The highest BCUT2D eigenvalue weighted by molar-refractivity contribution is 6.01. The SMILES string of the molecule is O=C(CN1CCC(Oc2ccc(F)cc2)CC1)c1ccc2ccccc2c1. The van der Waals surface area contributed by atoms with Gasteiger partial charge in [0.2, 0.25) is 0 Å². The lowest BCUT2D eigenvalue weighted by Crippen LogP contribution is -2.40. The molecule has 0 atom stereocenters. The van der Waals surface area contributed by atoms with Crippen molar-refractivity contribution in [3.63, 3.8) is 0 Å². The van der Waals surface area contributed by atoms with Crippen LogP contribution in [0.2, 0.25) is 0 Å². The zero-order chi connectivity index (χ0) is 18.6. The average molecular weight is 363 g/mol. The first-order valence-electron chi connectivity index (χ1n) is 9.34. The Balaban J connectivity index is 1.31. The van der Waals surface area contributed by atoms with Gasteiger partial charge in [-0.05, 0) is 53.9 Å². The minimum absolute atomic E-state index is 0.113. The number of halogens is 1. The molecule has 4 heteroatoms. The largest absolute Gasteiger partial charge is 0.490 e. The van der Waals surface area contributed by atoms with E-state index in [0.717, 1.165) is 42.3 Å². The number of hydrogen-bond donors (Lipinski definition) is 0. The highest BCUT2D eigenvalue weighted by atomic mass is 19.1. The van der Waals surface area contributed by atoms with Gasteiger partial charge in [0.25, 0.3) is 0 Å². The van der Waals surface area contributed by atoms with Gasteiger partial charge in [-0.25, -0.2) is 4.39 Å². The number of nitrogens with zero attached hydrogens (tertiary/aromatic N) is 1. The third-order valence-electron chi connectivity index (χ3n) is 5.09. The van der Waals surface area contributed by atoms with Crippen LogP contribution in [0.4, 0.5) is 4.39 Å². The predicted octanol–water partition coefficient (Wildman–Crippen LogP) is 4.71. The number of likely N-dealkylation sites (tertiary alicyclic amines) is 1. The van der Waals surface area contributed by atoms with Crippen LogP contribution < -0.4 is 4.74 Å². The molecule has 1 fully saturated rings. The average Bonchev–Trinajstić information content (AvgIpc) is 2.71. The molecule has 3 aromatic carbocycles. The van der Waals surface area contributed by atoms with Crippen molar-refractivity contribution in [1.29, 1.82) is 0 Å². The minimum atomic E-state index is -0.260. The van der Waals surface area contributed by atoms with Crippen molar-refractivity contribution in [1.82, 2.24) is 4.90 Å². The van der Waals surface area contributed by atoms with Crippen molar-refractivity contribution in [3.8, 4) is 5.75 Å². The molecule has 0 bridgehead atoms. The van der Waals surface area contributed by atoms with Gasteiger partial charge in [0.05, 0.1) is 6.54 Å². The van der Waals surface area contributed by atoms with Crippen LogP contribution in [0.1, 0.15) is 23.2 Å². The molecular weight excluding hydrogens is 341 g/mol. The van der Waals surface area contributed by atoms with E-state index in [4.69, 9.17) is 4.74 Å². The molecular formula is C23H22FNO2. The number of benzene rings is 3. The van der Waals surface area contributed by atoms with Crippen molar-refractivity contribution >= 4 is 16.6 Å². The minimum Gasteiger partial charge on any atom is -0.490 e. The zero-order valence-electron chi connectivity index (χ0n) is 15.1. The number of hydrogen-bond acceptors (Lipinski definition) is 3. The van der Waals surface area contributed by atoms with Crippen LogP contribution in [0.3, 0.4) is 0 Å². The summed E-state index contributed by atoms with van der Waals surface area (Å²) in [4.78, 5) is 14.8. The van der Waals surface area contributed by atoms with Gasteiger partial charge in [-0.1, -0.05) is 36.4 Å². The topological polar surface area (TPSA) is 29.5 Å². The summed E-state index contributed by atoms with van der Waals surface area (Å²) < 4.78 is 18.9. The lowest BCUT2D eigenvalue weighted by molar-refractivity contribution is 0.0790. The van der Waals surface area contributed by atoms with Gasteiger partial charge < -0.3 is 4.74 Å². The summed E-state index contributed by atoms with van der Waals surface area (Å²) in [7, 11) is 0. The Kier molecular flexibility index (Phi) is 5.16. The van der Waals surface area contributed by atoms with Crippen LogP contribution in [0, 0.1) is 5.82 Å². The molecule has 1 aliphatic rings. The second-order valence-electron chi connectivity index (χ2n) is 7.03. The molecule has 3 aromatic rings. The van der Waals surface area contributed by atoms with Crippen LogP contribution in [0.5, 0.6) is 5.75 Å². The van der Waals surface area contributed by atoms with E-state index in [2.05, 4.69) is 11.0 Å². The monoisotopic (exact) mass is 363 g/mol. The number of rotatable bonds is 5. The Hall–Kier alpha value is -2.72. The van der Waals surface area contributed by atoms with Crippen LogP contribution in [0.15, 0.2) is 66.7 Å². The van der Waals surface area contributed by atoms with Gasteiger partial charge in [-0.2, -0.15) is 0 Å². The molecule has 4 rings (SSSR count). The summed E-state index contributed by atoms with van der Waals surface area (Å²) in [6, 6.07) is 20.1. The van der Waals surface area contributed by atoms with E-state index in [1.54, 1.807) is 12.1 Å². The number of carbonyl (C=O) groups is 1. The fourth-order valence-corrected chi connectivity index (χ4v) is 3.55. The molecule has 0 amide bonds. The van der Waals surface area contributed by atoms with Crippen molar-refractivity contribution in [2.75, 3.05) is 19.6 Å². The first-order chi connectivity index (χ1) is 13.2. The van der Waals surface area contributed by atoms with Crippen molar-refractivity contribution < 1.29 is 13.9 Å². The van der Waals surface area contributed by atoms with Crippen molar-refractivity contribution in [3.05, 3.63) is 78.1 Å². The number of fused-ring (bicyclic) bond motifs is 1.